The third kappa shape index (κ3) is 3.45. The summed E-state index contributed by atoms with van der Waals surface area (Å²) in [6.07, 6.45) is 0. The van der Waals surface area contributed by atoms with Crippen LogP contribution in [0.2, 0.25) is 5.02 Å². The lowest BCUT2D eigenvalue weighted by molar-refractivity contribution is 0.355. The van der Waals surface area contributed by atoms with E-state index in [1.807, 2.05) is 0 Å². The first-order chi connectivity index (χ1) is 13.1. The Bertz CT molecular complexity index is 1200. The Morgan fingerprint density at radius 1 is 1.11 bits per heavy atom. The number of aromatic nitrogens is 3. The van der Waals surface area contributed by atoms with E-state index in [9.17, 15) is 4.79 Å². The Kier molecular flexibility index (Phi) is 4.67. The molecule has 0 aliphatic rings. The van der Waals surface area contributed by atoms with Crippen molar-refractivity contribution < 1.29 is 13.9 Å². The molecule has 27 heavy (non-hydrogen) atoms. The largest absolute Gasteiger partial charge is 0.493 e. The predicted octanol–water partition coefficient (Wildman–Crippen LogP) is 4.03. The number of hydrogen-bond acceptors (Lipinski definition) is 7. The first-order valence-corrected chi connectivity index (χ1v) is 9.27. The van der Waals surface area contributed by atoms with Crippen LogP contribution in [0.15, 0.2) is 44.8 Å². The summed E-state index contributed by atoms with van der Waals surface area (Å²) in [6, 6.07) is 8.54. The fourth-order valence-electron chi connectivity index (χ4n) is 2.65. The maximum atomic E-state index is 12.4. The molecule has 0 bridgehead atoms. The monoisotopic (exact) mass is 403 g/mol. The second-order valence-corrected chi connectivity index (χ2v) is 6.98. The van der Waals surface area contributed by atoms with Crippen LogP contribution in [0.3, 0.4) is 0 Å². The molecule has 4 rings (SSSR count). The smallest absolute Gasteiger partial charge is 0.258 e. The van der Waals surface area contributed by atoms with E-state index in [1.165, 1.54) is 26.0 Å². The SMILES string of the molecule is COc1cc2nc(CSc3nc4cc(Cl)ccc4o3)[nH]c(=O)c2cc1OC. The number of aromatic amines is 1. The molecule has 0 atom stereocenters. The number of methoxy groups -OCH3 is 2. The van der Waals surface area contributed by atoms with E-state index >= 15 is 0 Å². The van der Waals surface area contributed by atoms with Gasteiger partial charge in [-0.1, -0.05) is 23.4 Å². The van der Waals surface area contributed by atoms with Crippen LogP contribution in [-0.4, -0.2) is 29.2 Å². The maximum Gasteiger partial charge on any atom is 0.258 e. The van der Waals surface area contributed by atoms with Gasteiger partial charge in [0.1, 0.15) is 11.3 Å². The van der Waals surface area contributed by atoms with E-state index in [4.69, 9.17) is 25.5 Å². The lowest BCUT2D eigenvalue weighted by atomic mass is 10.2. The maximum absolute atomic E-state index is 12.4. The molecule has 7 nitrogen and oxygen atoms in total. The van der Waals surface area contributed by atoms with Crippen molar-refractivity contribution >= 4 is 45.4 Å². The van der Waals surface area contributed by atoms with Gasteiger partial charge in [-0.2, -0.15) is 0 Å². The van der Waals surface area contributed by atoms with Gasteiger partial charge in [-0.25, -0.2) is 9.97 Å². The van der Waals surface area contributed by atoms with Crippen molar-refractivity contribution in [2.45, 2.75) is 11.0 Å². The van der Waals surface area contributed by atoms with Crippen molar-refractivity contribution in [3.63, 3.8) is 0 Å². The normalized spacial score (nSPS) is 11.2. The van der Waals surface area contributed by atoms with Crippen LogP contribution in [-0.2, 0) is 5.75 Å². The minimum absolute atomic E-state index is 0.249. The number of fused-ring (bicyclic) bond motifs is 2. The zero-order valence-electron chi connectivity index (χ0n) is 14.4. The molecule has 0 fully saturated rings. The fraction of sp³-hybridized carbons (Fsp3) is 0.167. The zero-order chi connectivity index (χ0) is 19.0. The predicted molar refractivity (Wildman–Crippen MR) is 104 cm³/mol. The molecular formula is C18H14ClN3O4S. The number of nitrogens with zero attached hydrogens (tertiary/aromatic N) is 2. The highest BCUT2D eigenvalue weighted by atomic mass is 35.5. The molecule has 2 aromatic carbocycles. The lowest BCUT2D eigenvalue weighted by Crippen LogP contribution is -2.11. The molecule has 1 N–H and O–H groups in total. The van der Waals surface area contributed by atoms with Crippen LogP contribution in [0, 0.1) is 0 Å². The van der Waals surface area contributed by atoms with Crippen molar-refractivity contribution in [3.05, 3.63) is 51.5 Å². The van der Waals surface area contributed by atoms with Crippen molar-refractivity contribution in [3.8, 4) is 11.5 Å². The van der Waals surface area contributed by atoms with Crippen molar-refractivity contribution in [1.82, 2.24) is 15.0 Å². The van der Waals surface area contributed by atoms with Gasteiger partial charge in [0, 0.05) is 11.1 Å². The van der Waals surface area contributed by atoms with Crippen LogP contribution in [0.4, 0.5) is 0 Å². The number of hydrogen-bond donors (Lipinski definition) is 1. The highest BCUT2D eigenvalue weighted by molar-refractivity contribution is 7.98. The Labute approximate surface area is 162 Å². The van der Waals surface area contributed by atoms with Crippen LogP contribution >= 0.6 is 23.4 Å². The summed E-state index contributed by atoms with van der Waals surface area (Å²) < 4.78 is 16.2. The second-order valence-electron chi connectivity index (χ2n) is 5.62. The Hall–Kier alpha value is -2.71. The van der Waals surface area contributed by atoms with Gasteiger partial charge in [-0.3, -0.25) is 4.79 Å². The topological polar surface area (TPSA) is 90.2 Å². The Balaban J connectivity index is 1.63. The van der Waals surface area contributed by atoms with E-state index in [1.54, 1.807) is 30.3 Å². The van der Waals surface area contributed by atoms with Gasteiger partial charge in [0.2, 0.25) is 0 Å². The molecule has 9 heteroatoms. The molecule has 0 aliphatic heterocycles. The van der Waals surface area contributed by atoms with Crippen LogP contribution in [0.25, 0.3) is 22.0 Å². The molecule has 0 saturated carbocycles. The number of ether oxygens (including phenoxy) is 2. The van der Waals surface area contributed by atoms with E-state index < -0.39 is 0 Å². The van der Waals surface area contributed by atoms with Crippen molar-refractivity contribution in [2.75, 3.05) is 14.2 Å². The molecule has 2 heterocycles. The van der Waals surface area contributed by atoms with Gasteiger partial charge in [-0.05, 0) is 24.3 Å². The summed E-state index contributed by atoms with van der Waals surface area (Å²) in [4.78, 5) is 24.1. The second kappa shape index (κ2) is 7.13. The summed E-state index contributed by atoms with van der Waals surface area (Å²) in [6.45, 7) is 0. The van der Waals surface area contributed by atoms with Crippen LogP contribution in [0.1, 0.15) is 5.82 Å². The summed E-state index contributed by atoms with van der Waals surface area (Å²) >= 11 is 7.29. The first-order valence-electron chi connectivity index (χ1n) is 7.91. The molecule has 0 amide bonds. The standard InChI is InChI=1S/C18H14ClN3O4S/c1-24-14-6-10-11(7-15(14)25-2)20-16(22-17(10)23)8-27-18-21-12-5-9(19)3-4-13(12)26-18/h3-7H,8H2,1-2H3,(H,20,22,23). The van der Waals surface area contributed by atoms with E-state index in [-0.39, 0.29) is 5.56 Å². The van der Waals surface area contributed by atoms with Gasteiger partial charge in [0.05, 0.1) is 30.9 Å². The average molecular weight is 404 g/mol. The molecule has 0 radical (unpaired) electrons. The third-order valence-corrected chi connectivity index (χ3v) is 5.00. The molecule has 0 saturated heterocycles. The summed E-state index contributed by atoms with van der Waals surface area (Å²) in [5.41, 5.74) is 1.61. The average Bonchev–Trinajstić information content (AvgIpc) is 3.07. The minimum Gasteiger partial charge on any atom is -0.493 e. The molecule has 0 aliphatic carbocycles. The van der Waals surface area contributed by atoms with Crippen LogP contribution in [0.5, 0.6) is 11.5 Å². The number of halogens is 1. The van der Waals surface area contributed by atoms with E-state index in [0.717, 1.165) is 0 Å². The third-order valence-electron chi connectivity index (χ3n) is 3.92. The van der Waals surface area contributed by atoms with Gasteiger partial charge in [0.15, 0.2) is 17.1 Å². The van der Waals surface area contributed by atoms with Crippen molar-refractivity contribution in [1.29, 1.82) is 0 Å². The number of H-pyrrole nitrogens is 1. The van der Waals surface area contributed by atoms with E-state index in [0.29, 0.717) is 55.3 Å². The van der Waals surface area contributed by atoms with E-state index in [2.05, 4.69) is 15.0 Å². The number of rotatable bonds is 5. The van der Waals surface area contributed by atoms with Gasteiger partial charge < -0.3 is 18.9 Å². The Morgan fingerprint density at radius 2 is 1.89 bits per heavy atom. The molecule has 4 aromatic rings. The summed E-state index contributed by atoms with van der Waals surface area (Å²) in [5.74, 6) is 1.88. The number of nitrogens with one attached hydrogen (secondary N) is 1. The highest BCUT2D eigenvalue weighted by Crippen LogP contribution is 2.31. The first kappa shape index (κ1) is 17.7. The highest BCUT2D eigenvalue weighted by Gasteiger charge is 2.12. The van der Waals surface area contributed by atoms with Gasteiger partial charge in [-0.15, -0.1) is 0 Å². The minimum atomic E-state index is -0.249. The molecule has 2 aromatic heterocycles. The zero-order valence-corrected chi connectivity index (χ0v) is 16.0. The van der Waals surface area contributed by atoms with Gasteiger partial charge in [0.25, 0.3) is 10.8 Å². The number of thioether (sulfide) groups is 1. The fourth-order valence-corrected chi connectivity index (χ4v) is 3.53. The summed E-state index contributed by atoms with van der Waals surface area (Å²) in [5, 5.41) is 1.50. The lowest BCUT2D eigenvalue weighted by Gasteiger charge is -2.09. The number of benzene rings is 2. The summed E-state index contributed by atoms with van der Waals surface area (Å²) in [7, 11) is 3.05. The molecule has 138 valence electrons. The molecule has 0 spiro atoms. The molecule has 0 unspecified atom stereocenters. The van der Waals surface area contributed by atoms with Crippen molar-refractivity contribution in [2.24, 2.45) is 0 Å². The Morgan fingerprint density at radius 3 is 2.67 bits per heavy atom. The quantitative estimate of drug-likeness (QED) is 0.503. The number of oxazole rings is 1. The van der Waals surface area contributed by atoms with Gasteiger partial charge >= 0.3 is 0 Å². The molecular weight excluding hydrogens is 390 g/mol. The van der Waals surface area contributed by atoms with Crippen LogP contribution < -0.4 is 15.0 Å².